The van der Waals surface area contributed by atoms with Crippen molar-refractivity contribution in [2.45, 2.75) is 25.3 Å². The van der Waals surface area contributed by atoms with Crippen LogP contribution in [0.3, 0.4) is 0 Å². The minimum atomic E-state index is -0.161. The first-order valence-corrected chi connectivity index (χ1v) is 6.03. The van der Waals surface area contributed by atoms with Gasteiger partial charge in [-0.2, -0.15) is 0 Å². The molecule has 0 aliphatic heterocycles. The third-order valence-corrected chi connectivity index (χ3v) is 4.14. The molecule has 0 radical (unpaired) electrons. The molecule has 1 saturated carbocycles. The van der Waals surface area contributed by atoms with Gasteiger partial charge >= 0.3 is 0 Å². The lowest BCUT2D eigenvalue weighted by Crippen LogP contribution is -2.20. The normalized spacial score (nSPS) is 17.1. The maximum atomic E-state index is 6.24. The predicted octanol–water partition coefficient (Wildman–Crippen LogP) is 2.72. The first kappa shape index (κ1) is 11.7. The van der Waals surface area contributed by atoms with Crippen LogP contribution in [0, 0.1) is 6.92 Å². The summed E-state index contributed by atoms with van der Waals surface area (Å²) in [6.45, 7) is 2.05. The summed E-state index contributed by atoms with van der Waals surface area (Å²) in [5.74, 6) is 1.46. The quantitative estimate of drug-likeness (QED) is 0.929. The Hall–Kier alpha value is -0.740. The Morgan fingerprint density at radius 1 is 1.31 bits per heavy atom. The average Bonchev–Trinajstić information content (AvgIpc) is 3.01. The summed E-state index contributed by atoms with van der Waals surface area (Å²) >= 11 is 3.54. The predicted molar refractivity (Wildman–Crippen MR) is 67.1 cm³/mol. The molecular formula is C12H16BrNO2. The molecule has 4 heteroatoms. The van der Waals surface area contributed by atoms with Gasteiger partial charge in [0.1, 0.15) is 0 Å². The van der Waals surface area contributed by atoms with Crippen LogP contribution in [0.5, 0.6) is 11.5 Å². The third kappa shape index (κ3) is 1.70. The lowest BCUT2D eigenvalue weighted by molar-refractivity contribution is 0.352. The average molecular weight is 286 g/mol. The largest absolute Gasteiger partial charge is 0.493 e. The second-order valence-electron chi connectivity index (χ2n) is 4.25. The summed E-state index contributed by atoms with van der Waals surface area (Å²) < 4.78 is 11.6. The van der Waals surface area contributed by atoms with Crippen LogP contribution in [0.4, 0.5) is 0 Å². The Morgan fingerprint density at radius 2 is 1.94 bits per heavy atom. The van der Waals surface area contributed by atoms with Crippen molar-refractivity contribution in [1.29, 1.82) is 0 Å². The van der Waals surface area contributed by atoms with E-state index in [1.165, 1.54) is 0 Å². The zero-order valence-electron chi connectivity index (χ0n) is 9.76. The molecule has 1 aliphatic carbocycles. The van der Waals surface area contributed by atoms with Crippen LogP contribution < -0.4 is 15.2 Å². The summed E-state index contributed by atoms with van der Waals surface area (Å²) in [6, 6.07) is 1.99. The van der Waals surface area contributed by atoms with Gasteiger partial charge in [-0.15, -0.1) is 0 Å². The van der Waals surface area contributed by atoms with Gasteiger partial charge in [-0.05, 0) is 52.9 Å². The van der Waals surface area contributed by atoms with Crippen LogP contribution >= 0.6 is 15.9 Å². The number of halogens is 1. The molecule has 0 saturated heterocycles. The number of rotatable bonds is 3. The molecule has 0 heterocycles. The molecule has 0 bridgehead atoms. The van der Waals surface area contributed by atoms with Gasteiger partial charge in [0.2, 0.25) is 0 Å². The van der Waals surface area contributed by atoms with Gasteiger partial charge in [0.25, 0.3) is 0 Å². The van der Waals surface area contributed by atoms with Crippen LogP contribution in [0.25, 0.3) is 0 Å². The Morgan fingerprint density at radius 3 is 2.38 bits per heavy atom. The maximum Gasteiger partial charge on any atom is 0.175 e. The Kier molecular flexibility index (Phi) is 2.88. The standard InChI is InChI=1S/C12H16BrNO2/c1-7-8(12(14)4-5-12)6-9(15-2)11(16-3)10(7)13/h6H,4-5,14H2,1-3H3. The van der Waals surface area contributed by atoms with E-state index >= 15 is 0 Å². The molecule has 16 heavy (non-hydrogen) atoms. The minimum Gasteiger partial charge on any atom is -0.493 e. The van der Waals surface area contributed by atoms with Crippen molar-refractivity contribution in [3.8, 4) is 11.5 Å². The monoisotopic (exact) mass is 285 g/mol. The van der Waals surface area contributed by atoms with E-state index in [-0.39, 0.29) is 5.54 Å². The summed E-state index contributed by atoms with van der Waals surface area (Å²) in [5.41, 5.74) is 8.36. The molecule has 2 N–H and O–H groups in total. The molecule has 1 aromatic carbocycles. The van der Waals surface area contributed by atoms with E-state index in [1.807, 2.05) is 13.0 Å². The number of ether oxygens (including phenoxy) is 2. The fraction of sp³-hybridized carbons (Fsp3) is 0.500. The van der Waals surface area contributed by atoms with Crippen LogP contribution in [0.1, 0.15) is 24.0 Å². The van der Waals surface area contributed by atoms with Crippen LogP contribution in [0.15, 0.2) is 10.5 Å². The highest BCUT2D eigenvalue weighted by Gasteiger charge is 2.42. The lowest BCUT2D eigenvalue weighted by atomic mass is 9.99. The van der Waals surface area contributed by atoms with E-state index in [4.69, 9.17) is 15.2 Å². The van der Waals surface area contributed by atoms with Crippen LogP contribution in [-0.2, 0) is 5.54 Å². The van der Waals surface area contributed by atoms with Crippen LogP contribution in [0.2, 0.25) is 0 Å². The SMILES string of the molecule is COc1cc(C2(N)CC2)c(C)c(Br)c1OC. The van der Waals surface area contributed by atoms with E-state index in [0.29, 0.717) is 0 Å². The Bertz CT molecular complexity index is 428. The van der Waals surface area contributed by atoms with Crippen molar-refractivity contribution in [3.05, 3.63) is 21.7 Å². The number of benzene rings is 1. The van der Waals surface area contributed by atoms with Crippen molar-refractivity contribution in [1.82, 2.24) is 0 Å². The van der Waals surface area contributed by atoms with E-state index < -0.39 is 0 Å². The van der Waals surface area contributed by atoms with Gasteiger partial charge in [0, 0.05) is 5.54 Å². The molecular weight excluding hydrogens is 270 g/mol. The van der Waals surface area contributed by atoms with Gasteiger partial charge in [-0.3, -0.25) is 0 Å². The molecule has 1 aliphatic rings. The molecule has 0 aromatic heterocycles. The van der Waals surface area contributed by atoms with Crippen molar-refractivity contribution < 1.29 is 9.47 Å². The number of hydrogen-bond donors (Lipinski definition) is 1. The first-order chi connectivity index (χ1) is 7.53. The fourth-order valence-corrected chi connectivity index (χ4v) is 2.54. The smallest absolute Gasteiger partial charge is 0.175 e. The van der Waals surface area contributed by atoms with E-state index in [2.05, 4.69) is 15.9 Å². The molecule has 0 spiro atoms. The fourth-order valence-electron chi connectivity index (χ4n) is 1.96. The zero-order valence-corrected chi connectivity index (χ0v) is 11.3. The topological polar surface area (TPSA) is 44.5 Å². The molecule has 1 fully saturated rings. The van der Waals surface area contributed by atoms with E-state index in [9.17, 15) is 0 Å². The van der Waals surface area contributed by atoms with Crippen molar-refractivity contribution in [2.75, 3.05) is 14.2 Å². The van der Waals surface area contributed by atoms with Gasteiger partial charge < -0.3 is 15.2 Å². The lowest BCUT2D eigenvalue weighted by Gasteiger charge is -2.19. The van der Waals surface area contributed by atoms with Gasteiger partial charge in [-0.25, -0.2) is 0 Å². The van der Waals surface area contributed by atoms with Crippen molar-refractivity contribution in [3.63, 3.8) is 0 Å². The van der Waals surface area contributed by atoms with Gasteiger partial charge in [0.05, 0.1) is 18.7 Å². The number of hydrogen-bond acceptors (Lipinski definition) is 3. The molecule has 3 nitrogen and oxygen atoms in total. The molecule has 0 atom stereocenters. The second-order valence-corrected chi connectivity index (χ2v) is 5.05. The number of methoxy groups -OCH3 is 2. The van der Waals surface area contributed by atoms with Gasteiger partial charge in [0.15, 0.2) is 11.5 Å². The molecule has 0 amide bonds. The Balaban J connectivity index is 2.60. The summed E-state index contributed by atoms with van der Waals surface area (Å²) in [7, 11) is 3.27. The summed E-state index contributed by atoms with van der Waals surface area (Å²) in [5, 5.41) is 0. The second kappa shape index (κ2) is 3.93. The molecule has 0 unspecified atom stereocenters. The zero-order chi connectivity index (χ0) is 11.9. The van der Waals surface area contributed by atoms with Gasteiger partial charge in [-0.1, -0.05) is 0 Å². The van der Waals surface area contributed by atoms with Crippen LogP contribution in [-0.4, -0.2) is 14.2 Å². The minimum absolute atomic E-state index is 0.161. The molecule has 1 aromatic rings. The molecule has 88 valence electrons. The number of nitrogens with two attached hydrogens (primary N) is 1. The highest BCUT2D eigenvalue weighted by molar-refractivity contribution is 9.10. The maximum absolute atomic E-state index is 6.24. The van der Waals surface area contributed by atoms with E-state index in [1.54, 1.807) is 14.2 Å². The summed E-state index contributed by atoms with van der Waals surface area (Å²) in [4.78, 5) is 0. The highest BCUT2D eigenvalue weighted by Crippen LogP contribution is 2.49. The Labute approximate surface area is 104 Å². The summed E-state index contributed by atoms with van der Waals surface area (Å²) in [6.07, 6.45) is 2.07. The highest BCUT2D eigenvalue weighted by atomic mass is 79.9. The first-order valence-electron chi connectivity index (χ1n) is 5.24. The van der Waals surface area contributed by atoms with Crippen molar-refractivity contribution >= 4 is 15.9 Å². The third-order valence-electron chi connectivity index (χ3n) is 3.18. The van der Waals surface area contributed by atoms with Crippen molar-refractivity contribution in [2.24, 2.45) is 5.73 Å². The van der Waals surface area contributed by atoms with E-state index in [0.717, 1.165) is 39.9 Å². The molecule has 2 rings (SSSR count).